The molecule has 0 amide bonds. The predicted octanol–water partition coefficient (Wildman–Crippen LogP) is 3.46. The maximum Gasteiger partial charge on any atom is 0.0475 e. The summed E-state index contributed by atoms with van der Waals surface area (Å²) in [7, 11) is 0. The first-order chi connectivity index (χ1) is 7.15. The molecule has 0 N–H and O–H groups in total. The van der Waals surface area contributed by atoms with Crippen LogP contribution in [-0.4, -0.2) is 23.4 Å². The van der Waals surface area contributed by atoms with Crippen LogP contribution in [0.3, 0.4) is 0 Å². The van der Waals surface area contributed by atoms with Crippen molar-refractivity contribution >= 4 is 23.2 Å². The lowest BCUT2D eigenvalue weighted by atomic mass is 10.1. The van der Waals surface area contributed by atoms with Gasteiger partial charge in [-0.05, 0) is 37.1 Å². The topological polar surface area (TPSA) is 3.24 Å². The van der Waals surface area contributed by atoms with Gasteiger partial charge in [0, 0.05) is 23.5 Å². The summed E-state index contributed by atoms with van der Waals surface area (Å²) in [6.45, 7) is 5.03. The summed E-state index contributed by atoms with van der Waals surface area (Å²) in [4.78, 5) is 2.36. The van der Waals surface area contributed by atoms with Crippen LogP contribution in [0, 0.1) is 6.92 Å². The van der Waals surface area contributed by atoms with Crippen LogP contribution >= 0.6 is 23.2 Å². The maximum absolute atomic E-state index is 6.18. The van der Waals surface area contributed by atoms with Gasteiger partial charge in [-0.1, -0.05) is 23.7 Å². The average Bonchev–Trinajstić information content (AvgIpc) is 2.56. The fraction of sp³-hybridized carbons (Fsp3) is 0.500. The summed E-state index contributed by atoms with van der Waals surface area (Å²) in [5.41, 5.74) is 2.41. The lowest BCUT2D eigenvalue weighted by Gasteiger charge is -2.16. The minimum absolute atomic E-state index is 0.314. The number of halogens is 2. The first-order valence-corrected chi connectivity index (χ1v) is 6.08. The van der Waals surface area contributed by atoms with E-state index in [1.54, 1.807) is 0 Å². The van der Waals surface area contributed by atoms with E-state index >= 15 is 0 Å². The van der Waals surface area contributed by atoms with E-state index in [0.29, 0.717) is 5.38 Å². The zero-order chi connectivity index (χ0) is 10.8. The van der Waals surface area contributed by atoms with E-state index in [-0.39, 0.29) is 0 Å². The zero-order valence-electron chi connectivity index (χ0n) is 8.84. The molecule has 1 aliphatic heterocycles. The smallest absolute Gasteiger partial charge is 0.0475 e. The van der Waals surface area contributed by atoms with Gasteiger partial charge in [0.25, 0.3) is 0 Å². The van der Waals surface area contributed by atoms with Gasteiger partial charge in [0.1, 0.15) is 0 Å². The molecule has 1 nitrogen and oxygen atoms in total. The number of benzene rings is 1. The van der Waals surface area contributed by atoms with Gasteiger partial charge >= 0.3 is 0 Å². The molecule has 1 atom stereocenters. The van der Waals surface area contributed by atoms with Gasteiger partial charge in [0.2, 0.25) is 0 Å². The van der Waals surface area contributed by atoms with E-state index < -0.39 is 0 Å². The lowest BCUT2D eigenvalue weighted by molar-refractivity contribution is 0.332. The van der Waals surface area contributed by atoms with Crippen molar-refractivity contribution in [1.29, 1.82) is 0 Å². The molecule has 2 rings (SSSR count). The highest BCUT2D eigenvalue weighted by Crippen LogP contribution is 2.22. The van der Waals surface area contributed by atoms with E-state index in [4.69, 9.17) is 23.2 Å². The molecule has 0 bridgehead atoms. The van der Waals surface area contributed by atoms with Crippen LogP contribution in [-0.2, 0) is 6.54 Å². The number of aryl methyl sites for hydroxylation is 1. The third-order valence-corrected chi connectivity index (χ3v) is 3.53. The van der Waals surface area contributed by atoms with Gasteiger partial charge in [-0.2, -0.15) is 0 Å². The Morgan fingerprint density at radius 2 is 2.27 bits per heavy atom. The molecule has 1 aliphatic rings. The first-order valence-electron chi connectivity index (χ1n) is 5.26. The van der Waals surface area contributed by atoms with Crippen molar-refractivity contribution in [2.24, 2.45) is 0 Å². The highest BCUT2D eigenvalue weighted by Gasteiger charge is 2.20. The highest BCUT2D eigenvalue weighted by atomic mass is 35.5. The van der Waals surface area contributed by atoms with Gasteiger partial charge < -0.3 is 0 Å². The Kier molecular flexibility index (Phi) is 3.55. The molecule has 82 valence electrons. The SMILES string of the molecule is Cc1ccc(CN2CCC(Cl)C2)c(Cl)c1. The lowest BCUT2D eigenvalue weighted by Crippen LogP contribution is -2.20. The Morgan fingerprint density at radius 3 is 2.87 bits per heavy atom. The van der Waals surface area contributed by atoms with Gasteiger partial charge in [0.05, 0.1) is 0 Å². The van der Waals surface area contributed by atoms with Crippen LogP contribution in [0.5, 0.6) is 0 Å². The molecule has 1 unspecified atom stereocenters. The fourth-order valence-electron chi connectivity index (χ4n) is 1.95. The molecule has 3 heteroatoms. The highest BCUT2D eigenvalue weighted by molar-refractivity contribution is 6.31. The molecular formula is C12H15Cl2N. The number of hydrogen-bond donors (Lipinski definition) is 0. The van der Waals surface area contributed by atoms with E-state index in [2.05, 4.69) is 24.0 Å². The number of nitrogens with zero attached hydrogens (tertiary/aromatic N) is 1. The van der Waals surface area contributed by atoms with E-state index in [0.717, 1.165) is 31.1 Å². The second-order valence-electron chi connectivity index (χ2n) is 4.22. The Bertz CT molecular complexity index is 351. The normalized spacial score (nSPS) is 22.2. The standard InChI is InChI=1S/C12H15Cl2N/c1-9-2-3-10(12(14)6-9)7-15-5-4-11(13)8-15/h2-3,6,11H,4-5,7-8H2,1H3. The Balaban J connectivity index is 2.04. The second kappa shape index (κ2) is 4.73. The van der Waals surface area contributed by atoms with Crippen LogP contribution in [0.2, 0.25) is 5.02 Å². The van der Waals surface area contributed by atoms with Crippen LogP contribution in [0.4, 0.5) is 0 Å². The number of hydrogen-bond acceptors (Lipinski definition) is 1. The molecule has 1 heterocycles. The zero-order valence-corrected chi connectivity index (χ0v) is 10.4. The number of rotatable bonds is 2. The summed E-state index contributed by atoms with van der Waals surface area (Å²) < 4.78 is 0. The molecule has 0 aromatic heterocycles. The molecule has 1 aromatic rings. The van der Waals surface area contributed by atoms with Crippen LogP contribution in [0.15, 0.2) is 18.2 Å². The van der Waals surface area contributed by atoms with E-state index in [9.17, 15) is 0 Å². The van der Waals surface area contributed by atoms with Crippen LogP contribution < -0.4 is 0 Å². The molecule has 0 radical (unpaired) electrons. The Hall–Kier alpha value is -0.240. The quantitative estimate of drug-likeness (QED) is 0.720. The molecule has 1 fully saturated rings. The summed E-state index contributed by atoms with van der Waals surface area (Å²) in [6.07, 6.45) is 1.09. The first kappa shape index (κ1) is 11.3. The van der Waals surface area contributed by atoms with Crippen LogP contribution in [0.1, 0.15) is 17.5 Å². The molecule has 0 saturated carbocycles. The van der Waals surface area contributed by atoms with Crippen molar-refractivity contribution in [2.75, 3.05) is 13.1 Å². The van der Waals surface area contributed by atoms with Crippen molar-refractivity contribution in [1.82, 2.24) is 4.90 Å². The minimum Gasteiger partial charge on any atom is -0.298 e. The Labute approximate surface area is 101 Å². The fourth-order valence-corrected chi connectivity index (χ4v) is 2.54. The molecule has 0 aliphatic carbocycles. The summed E-state index contributed by atoms with van der Waals surface area (Å²) in [5, 5.41) is 1.18. The summed E-state index contributed by atoms with van der Waals surface area (Å²) >= 11 is 12.2. The summed E-state index contributed by atoms with van der Waals surface area (Å²) in [5.74, 6) is 0. The minimum atomic E-state index is 0.314. The van der Waals surface area contributed by atoms with Crippen molar-refractivity contribution in [3.8, 4) is 0 Å². The number of likely N-dealkylation sites (tertiary alicyclic amines) is 1. The van der Waals surface area contributed by atoms with Gasteiger partial charge in [0.15, 0.2) is 0 Å². The molecular weight excluding hydrogens is 229 g/mol. The third kappa shape index (κ3) is 2.87. The largest absolute Gasteiger partial charge is 0.298 e. The second-order valence-corrected chi connectivity index (χ2v) is 5.24. The van der Waals surface area contributed by atoms with Gasteiger partial charge in [-0.25, -0.2) is 0 Å². The van der Waals surface area contributed by atoms with E-state index in [1.165, 1.54) is 11.1 Å². The Morgan fingerprint density at radius 1 is 1.47 bits per heavy atom. The maximum atomic E-state index is 6.18. The van der Waals surface area contributed by atoms with Gasteiger partial charge in [-0.15, -0.1) is 11.6 Å². The van der Waals surface area contributed by atoms with Gasteiger partial charge in [-0.3, -0.25) is 4.90 Å². The molecule has 1 aromatic carbocycles. The van der Waals surface area contributed by atoms with Crippen molar-refractivity contribution < 1.29 is 0 Å². The molecule has 0 spiro atoms. The third-order valence-electron chi connectivity index (χ3n) is 2.82. The van der Waals surface area contributed by atoms with Crippen molar-refractivity contribution in [2.45, 2.75) is 25.3 Å². The molecule has 15 heavy (non-hydrogen) atoms. The average molecular weight is 244 g/mol. The predicted molar refractivity (Wildman–Crippen MR) is 65.7 cm³/mol. The molecule has 1 saturated heterocycles. The van der Waals surface area contributed by atoms with Crippen molar-refractivity contribution in [3.63, 3.8) is 0 Å². The number of alkyl halides is 1. The van der Waals surface area contributed by atoms with Crippen molar-refractivity contribution in [3.05, 3.63) is 34.3 Å². The monoisotopic (exact) mass is 243 g/mol. The van der Waals surface area contributed by atoms with Crippen LogP contribution in [0.25, 0.3) is 0 Å². The van der Waals surface area contributed by atoms with E-state index in [1.807, 2.05) is 6.07 Å². The summed E-state index contributed by atoms with van der Waals surface area (Å²) in [6, 6.07) is 6.24.